The summed E-state index contributed by atoms with van der Waals surface area (Å²) in [7, 11) is 0. The summed E-state index contributed by atoms with van der Waals surface area (Å²) in [6, 6.07) is 4.27. The van der Waals surface area contributed by atoms with Gasteiger partial charge in [-0.2, -0.15) is 0 Å². The Balaban J connectivity index is 2.44. The smallest absolute Gasteiger partial charge is 0.341 e. The van der Waals surface area contributed by atoms with E-state index in [1.165, 1.54) is 25.1 Å². The van der Waals surface area contributed by atoms with E-state index in [1.54, 1.807) is 0 Å². The van der Waals surface area contributed by atoms with Crippen LogP contribution in [0.15, 0.2) is 22.7 Å². The Hall–Kier alpha value is -1.88. The standard InChI is InChI=1S/C12H9ClFNO3/c1-6-11(12(16)17)10(15-18-6)5-7-8(13)3-2-4-9(7)14/h2-4H,5H2,1H3,(H,16,17). The average Bonchev–Trinajstić information content (AvgIpc) is 2.65. The van der Waals surface area contributed by atoms with E-state index in [1.807, 2.05) is 0 Å². The minimum absolute atomic E-state index is 0.0233. The molecule has 0 bridgehead atoms. The first kappa shape index (κ1) is 12.6. The van der Waals surface area contributed by atoms with E-state index < -0.39 is 11.8 Å². The summed E-state index contributed by atoms with van der Waals surface area (Å²) in [4.78, 5) is 11.0. The number of nitrogens with zero attached hydrogens (tertiary/aromatic N) is 1. The third kappa shape index (κ3) is 2.22. The molecule has 0 radical (unpaired) electrons. The molecule has 0 saturated heterocycles. The first-order chi connectivity index (χ1) is 8.50. The van der Waals surface area contributed by atoms with Gasteiger partial charge in [0.2, 0.25) is 0 Å². The molecule has 0 amide bonds. The second kappa shape index (κ2) is 4.78. The van der Waals surface area contributed by atoms with Crippen molar-refractivity contribution in [3.05, 3.63) is 51.6 Å². The average molecular weight is 270 g/mol. The van der Waals surface area contributed by atoms with Crippen LogP contribution in [0.2, 0.25) is 5.02 Å². The normalized spacial score (nSPS) is 10.6. The third-order valence-electron chi connectivity index (χ3n) is 2.55. The number of carboxylic acid groups (broad SMARTS) is 1. The highest BCUT2D eigenvalue weighted by molar-refractivity contribution is 6.31. The molecule has 6 heteroatoms. The number of rotatable bonds is 3. The van der Waals surface area contributed by atoms with E-state index in [9.17, 15) is 9.18 Å². The molecule has 2 rings (SSSR count). The number of aryl methyl sites for hydroxylation is 1. The van der Waals surface area contributed by atoms with E-state index in [4.69, 9.17) is 21.2 Å². The van der Waals surface area contributed by atoms with E-state index in [2.05, 4.69) is 5.16 Å². The van der Waals surface area contributed by atoms with E-state index in [-0.39, 0.29) is 34.0 Å². The van der Waals surface area contributed by atoms with Gasteiger partial charge in [0.05, 0.1) is 0 Å². The molecule has 2 aromatic rings. The van der Waals surface area contributed by atoms with Crippen molar-refractivity contribution in [2.75, 3.05) is 0 Å². The number of halogens is 2. The highest BCUT2D eigenvalue weighted by atomic mass is 35.5. The lowest BCUT2D eigenvalue weighted by Gasteiger charge is -2.03. The molecule has 0 aliphatic heterocycles. The molecule has 0 aliphatic rings. The van der Waals surface area contributed by atoms with Crippen molar-refractivity contribution < 1.29 is 18.8 Å². The van der Waals surface area contributed by atoms with Crippen molar-refractivity contribution in [2.45, 2.75) is 13.3 Å². The zero-order chi connectivity index (χ0) is 13.3. The fourth-order valence-electron chi connectivity index (χ4n) is 1.68. The first-order valence-electron chi connectivity index (χ1n) is 5.12. The Morgan fingerprint density at radius 2 is 2.28 bits per heavy atom. The molecular formula is C12H9ClFNO3. The van der Waals surface area contributed by atoms with Crippen LogP contribution in [0, 0.1) is 12.7 Å². The molecule has 0 spiro atoms. The van der Waals surface area contributed by atoms with Crippen molar-refractivity contribution in [3.8, 4) is 0 Å². The molecule has 18 heavy (non-hydrogen) atoms. The molecule has 1 aromatic heterocycles. The van der Waals surface area contributed by atoms with Crippen LogP contribution in [-0.4, -0.2) is 16.2 Å². The molecule has 0 fully saturated rings. The van der Waals surface area contributed by atoms with Crippen LogP contribution >= 0.6 is 11.6 Å². The Bertz CT molecular complexity index is 589. The van der Waals surface area contributed by atoms with Gasteiger partial charge in [-0.05, 0) is 19.1 Å². The lowest BCUT2D eigenvalue weighted by molar-refractivity contribution is 0.0694. The van der Waals surface area contributed by atoms with Gasteiger partial charge in [0.1, 0.15) is 22.8 Å². The van der Waals surface area contributed by atoms with Crippen LogP contribution in [0.3, 0.4) is 0 Å². The Labute approximate surface area is 107 Å². The molecule has 1 aromatic carbocycles. The summed E-state index contributed by atoms with van der Waals surface area (Å²) < 4.78 is 18.4. The molecule has 4 nitrogen and oxygen atoms in total. The van der Waals surface area contributed by atoms with Gasteiger partial charge in [0, 0.05) is 17.0 Å². The van der Waals surface area contributed by atoms with Crippen LogP contribution in [0.5, 0.6) is 0 Å². The Kier molecular flexibility index (Phi) is 3.34. The molecule has 0 saturated carbocycles. The number of carboxylic acids is 1. The van der Waals surface area contributed by atoms with E-state index >= 15 is 0 Å². The molecule has 1 heterocycles. The SMILES string of the molecule is Cc1onc(Cc2c(F)cccc2Cl)c1C(=O)O. The zero-order valence-corrected chi connectivity index (χ0v) is 10.2. The van der Waals surface area contributed by atoms with Crippen LogP contribution < -0.4 is 0 Å². The third-order valence-corrected chi connectivity index (χ3v) is 2.91. The highest BCUT2D eigenvalue weighted by Gasteiger charge is 2.21. The molecular weight excluding hydrogens is 261 g/mol. The summed E-state index contributed by atoms with van der Waals surface area (Å²) in [6.45, 7) is 1.49. The lowest BCUT2D eigenvalue weighted by Crippen LogP contribution is -2.04. The topological polar surface area (TPSA) is 63.3 Å². The minimum Gasteiger partial charge on any atom is -0.477 e. The predicted octanol–water partition coefficient (Wildman–Crippen LogP) is 3.06. The molecule has 1 N–H and O–H groups in total. The summed E-state index contributed by atoms with van der Waals surface area (Å²) in [5.41, 5.74) is 0.316. The molecule has 0 unspecified atom stereocenters. The summed E-state index contributed by atoms with van der Waals surface area (Å²) >= 11 is 5.87. The monoisotopic (exact) mass is 269 g/mol. The number of benzene rings is 1. The van der Waals surface area contributed by atoms with Gasteiger partial charge in [-0.3, -0.25) is 0 Å². The number of carbonyl (C=O) groups is 1. The van der Waals surface area contributed by atoms with Crippen LogP contribution in [0.25, 0.3) is 0 Å². The predicted molar refractivity (Wildman–Crippen MR) is 62.4 cm³/mol. The zero-order valence-electron chi connectivity index (χ0n) is 9.41. The van der Waals surface area contributed by atoms with Crippen molar-refractivity contribution in [3.63, 3.8) is 0 Å². The number of hydrogen-bond donors (Lipinski definition) is 1. The van der Waals surface area contributed by atoms with Gasteiger partial charge in [0.25, 0.3) is 0 Å². The largest absolute Gasteiger partial charge is 0.477 e. The number of hydrogen-bond acceptors (Lipinski definition) is 3. The second-order valence-corrected chi connectivity index (χ2v) is 4.15. The van der Waals surface area contributed by atoms with Crippen molar-refractivity contribution in [1.29, 1.82) is 0 Å². The van der Waals surface area contributed by atoms with Gasteiger partial charge >= 0.3 is 5.97 Å². The van der Waals surface area contributed by atoms with Crippen LogP contribution in [0.1, 0.15) is 27.4 Å². The van der Waals surface area contributed by atoms with Crippen LogP contribution in [-0.2, 0) is 6.42 Å². The molecule has 0 atom stereocenters. The van der Waals surface area contributed by atoms with Crippen molar-refractivity contribution in [1.82, 2.24) is 5.16 Å². The number of aromatic carboxylic acids is 1. The fourth-order valence-corrected chi connectivity index (χ4v) is 1.91. The Morgan fingerprint density at radius 1 is 1.56 bits per heavy atom. The van der Waals surface area contributed by atoms with Crippen LogP contribution in [0.4, 0.5) is 4.39 Å². The van der Waals surface area contributed by atoms with Crippen molar-refractivity contribution in [2.24, 2.45) is 0 Å². The van der Waals surface area contributed by atoms with Gasteiger partial charge in [0.15, 0.2) is 0 Å². The van der Waals surface area contributed by atoms with E-state index in [0.717, 1.165) is 0 Å². The lowest BCUT2D eigenvalue weighted by atomic mass is 10.1. The maximum atomic E-state index is 13.6. The summed E-state index contributed by atoms with van der Waals surface area (Å²) in [5.74, 6) is -1.47. The van der Waals surface area contributed by atoms with Gasteiger partial charge in [-0.25, -0.2) is 9.18 Å². The minimum atomic E-state index is -1.16. The van der Waals surface area contributed by atoms with Gasteiger partial charge in [-0.15, -0.1) is 0 Å². The quantitative estimate of drug-likeness (QED) is 0.930. The van der Waals surface area contributed by atoms with Crippen molar-refractivity contribution >= 4 is 17.6 Å². The molecule has 94 valence electrons. The van der Waals surface area contributed by atoms with E-state index in [0.29, 0.717) is 0 Å². The fraction of sp³-hybridized carbons (Fsp3) is 0.167. The maximum Gasteiger partial charge on any atom is 0.341 e. The second-order valence-electron chi connectivity index (χ2n) is 3.74. The summed E-state index contributed by atoms with van der Waals surface area (Å²) in [6.07, 6.45) is -0.0233. The van der Waals surface area contributed by atoms with Gasteiger partial charge in [-0.1, -0.05) is 22.8 Å². The highest BCUT2D eigenvalue weighted by Crippen LogP contribution is 2.24. The Morgan fingerprint density at radius 3 is 2.89 bits per heavy atom. The maximum absolute atomic E-state index is 13.6. The number of aromatic nitrogens is 1. The first-order valence-corrected chi connectivity index (χ1v) is 5.50. The molecule has 0 aliphatic carbocycles. The summed E-state index contributed by atoms with van der Waals surface area (Å²) in [5, 5.41) is 12.9. The van der Waals surface area contributed by atoms with Gasteiger partial charge < -0.3 is 9.63 Å².